The molecule has 3 heterocycles. The van der Waals surface area contributed by atoms with Crippen molar-refractivity contribution in [3.05, 3.63) is 59.7 Å². The Hall–Kier alpha value is -2.47. The number of rotatable bonds is 8. The van der Waals surface area contributed by atoms with Crippen LogP contribution in [0.2, 0.25) is 0 Å². The summed E-state index contributed by atoms with van der Waals surface area (Å²) in [5, 5.41) is 9.25. The van der Waals surface area contributed by atoms with Crippen LogP contribution < -0.4 is 0 Å². The van der Waals surface area contributed by atoms with Gasteiger partial charge in [0, 0.05) is 38.9 Å². The molecular formula is C30H46N4O6. The van der Waals surface area contributed by atoms with Crippen LogP contribution in [0.5, 0.6) is 0 Å². The van der Waals surface area contributed by atoms with E-state index in [9.17, 15) is 9.90 Å². The molecule has 10 nitrogen and oxygen atoms in total. The van der Waals surface area contributed by atoms with E-state index in [0.717, 1.165) is 31.6 Å². The lowest BCUT2D eigenvalue weighted by molar-refractivity contribution is 0.000115. The number of carboxylic acid groups (broad SMARTS) is 1. The van der Waals surface area contributed by atoms with Crippen LogP contribution in [0.1, 0.15) is 54.6 Å². The third-order valence-electron chi connectivity index (χ3n) is 6.79. The number of ether oxygens (including phenoxy) is 4. The summed E-state index contributed by atoms with van der Waals surface area (Å²) in [6.45, 7) is 12.3. The second kappa shape index (κ2) is 18.8. The maximum atomic E-state index is 11.3. The molecule has 0 radical (unpaired) electrons. The van der Waals surface area contributed by atoms with Crippen molar-refractivity contribution in [1.29, 1.82) is 0 Å². The predicted molar refractivity (Wildman–Crippen MR) is 152 cm³/mol. The van der Waals surface area contributed by atoms with E-state index in [4.69, 9.17) is 18.9 Å². The van der Waals surface area contributed by atoms with Gasteiger partial charge >= 0.3 is 5.97 Å². The van der Waals surface area contributed by atoms with Gasteiger partial charge in [-0.25, -0.2) is 9.78 Å². The summed E-state index contributed by atoms with van der Waals surface area (Å²) in [7, 11) is 0. The van der Waals surface area contributed by atoms with Gasteiger partial charge in [0.25, 0.3) is 0 Å². The molecule has 1 saturated heterocycles. The molecule has 222 valence electrons. The average molecular weight is 559 g/mol. The zero-order valence-corrected chi connectivity index (χ0v) is 24.1. The Kier molecular flexibility index (Phi) is 15.1. The second-order valence-electron chi connectivity index (χ2n) is 10.3. The molecule has 1 fully saturated rings. The third kappa shape index (κ3) is 12.4. The highest BCUT2D eigenvalue weighted by atomic mass is 16.5. The van der Waals surface area contributed by atoms with Gasteiger partial charge < -0.3 is 24.1 Å². The number of carbonyl (C=O) groups is 1. The average Bonchev–Trinajstić information content (AvgIpc) is 2.95. The van der Waals surface area contributed by atoms with Gasteiger partial charge in [-0.15, -0.1) is 0 Å². The van der Waals surface area contributed by atoms with Crippen LogP contribution in [0.4, 0.5) is 0 Å². The van der Waals surface area contributed by atoms with Crippen molar-refractivity contribution in [3.63, 3.8) is 0 Å². The Bertz CT molecular complexity index is 944. The lowest BCUT2D eigenvalue weighted by Crippen LogP contribution is -2.36. The van der Waals surface area contributed by atoms with Crippen LogP contribution in [-0.2, 0) is 25.5 Å². The lowest BCUT2D eigenvalue weighted by atomic mass is 9.99. The van der Waals surface area contributed by atoms with E-state index in [2.05, 4.69) is 45.7 Å². The van der Waals surface area contributed by atoms with Crippen molar-refractivity contribution >= 4 is 5.97 Å². The first-order valence-electron chi connectivity index (χ1n) is 14.4. The highest BCUT2D eigenvalue weighted by Gasteiger charge is 2.22. The summed E-state index contributed by atoms with van der Waals surface area (Å²) in [4.78, 5) is 24.8. The van der Waals surface area contributed by atoms with Crippen molar-refractivity contribution in [2.75, 3.05) is 79.0 Å². The van der Waals surface area contributed by atoms with Gasteiger partial charge in [0.1, 0.15) is 5.69 Å². The van der Waals surface area contributed by atoms with Crippen LogP contribution in [0.25, 0.3) is 0 Å². The molecule has 40 heavy (non-hydrogen) atoms. The number of hydrogen-bond donors (Lipinski definition) is 1. The van der Waals surface area contributed by atoms with Crippen molar-refractivity contribution in [3.8, 4) is 0 Å². The first kappa shape index (κ1) is 32.0. The molecule has 0 spiro atoms. The first-order valence-corrected chi connectivity index (χ1v) is 14.4. The molecule has 0 aromatic carbocycles. The maximum Gasteiger partial charge on any atom is 0.354 e. The molecule has 2 aromatic rings. The number of aromatic nitrogens is 2. The molecule has 1 aliphatic heterocycles. The van der Waals surface area contributed by atoms with Gasteiger partial charge in [-0.05, 0) is 43.0 Å². The fourth-order valence-electron chi connectivity index (χ4n) is 4.59. The van der Waals surface area contributed by atoms with E-state index >= 15 is 0 Å². The Labute approximate surface area is 238 Å². The lowest BCUT2D eigenvalue weighted by Gasteiger charge is -2.32. The predicted octanol–water partition coefficient (Wildman–Crippen LogP) is 3.54. The quantitative estimate of drug-likeness (QED) is 0.517. The van der Waals surface area contributed by atoms with Crippen LogP contribution in [0.15, 0.2) is 42.6 Å². The number of aromatic carboxylic acids is 1. The largest absolute Gasteiger partial charge is 0.477 e. The van der Waals surface area contributed by atoms with Crippen LogP contribution in [0, 0.1) is 5.92 Å². The third-order valence-corrected chi connectivity index (χ3v) is 6.79. The molecule has 1 unspecified atom stereocenters. The van der Waals surface area contributed by atoms with E-state index < -0.39 is 5.97 Å². The number of carboxylic acids is 1. The van der Waals surface area contributed by atoms with E-state index in [1.165, 1.54) is 6.07 Å². The number of pyridine rings is 2. The van der Waals surface area contributed by atoms with Gasteiger partial charge in [-0.1, -0.05) is 26.0 Å². The Morgan fingerprint density at radius 3 is 2.00 bits per heavy atom. The van der Waals surface area contributed by atoms with Gasteiger partial charge in [0.05, 0.1) is 70.3 Å². The second-order valence-corrected chi connectivity index (χ2v) is 10.3. The summed E-state index contributed by atoms with van der Waals surface area (Å²) in [5.41, 5.74) is 1.84. The maximum absolute atomic E-state index is 11.3. The molecule has 1 N–H and O–H groups in total. The molecule has 1 atom stereocenters. The summed E-state index contributed by atoms with van der Waals surface area (Å²) in [5.74, 6) is -0.408. The molecule has 1 aliphatic rings. The van der Waals surface area contributed by atoms with Gasteiger partial charge in [0.2, 0.25) is 0 Å². The fourth-order valence-corrected chi connectivity index (χ4v) is 4.59. The highest BCUT2D eigenvalue weighted by molar-refractivity contribution is 5.85. The minimum absolute atomic E-state index is 0.0468. The highest BCUT2D eigenvalue weighted by Crippen LogP contribution is 2.26. The van der Waals surface area contributed by atoms with Crippen LogP contribution in [-0.4, -0.2) is 110 Å². The Morgan fingerprint density at radius 2 is 1.45 bits per heavy atom. The molecule has 0 amide bonds. The number of hydrogen-bond acceptors (Lipinski definition) is 9. The summed E-state index contributed by atoms with van der Waals surface area (Å²) in [6.07, 6.45) is 4.03. The molecule has 0 saturated carbocycles. The fraction of sp³-hybridized carbons (Fsp3) is 0.633. The summed E-state index contributed by atoms with van der Waals surface area (Å²) < 4.78 is 23.6. The molecular weight excluding hydrogens is 512 g/mol. The van der Waals surface area contributed by atoms with Crippen molar-refractivity contribution in [2.24, 2.45) is 5.92 Å². The monoisotopic (exact) mass is 558 g/mol. The zero-order valence-electron chi connectivity index (χ0n) is 24.1. The van der Waals surface area contributed by atoms with E-state index in [1.807, 2.05) is 18.3 Å². The van der Waals surface area contributed by atoms with Crippen molar-refractivity contribution < 1.29 is 28.8 Å². The minimum Gasteiger partial charge on any atom is -0.477 e. The molecule has 2 aromatic heterocycles. The first-order chi connectivity index (χ1) is 19.5. The van der Waals surface area contributed by atoms with Crippen molar-refractivity contribution in [2.45, 2.75) is 39.3 Å². The topological polar surface area (TPSA) is 106 Å². The van der Waals surface area contributed by atoms with Crippen LogP contribution in [0.3, 0.4) is 0 Å². The van der Waals surface area contributed by atoms with E-state index in [1.54, 1.807) is 6.07 Å². The van der Waals surface area contributed by atoms with Crippen molar-refractivity contribution in [1.82, 2.24) is 19.8 Å². The Balaban J connectivity index is 1.54. The zero-order chi connectivity index (χ0) is 28.4. The normalized spacial score (nSPS) is 19.1. The molecule has 0 bridgehead atoms. The molecule has 3 rings (SSSR count). The molecule has 0 aliphatic carbocycles. The van der Waals surface area contributed by atoms with E-state index in [-0.39, 0.29) is 11.7 Å². The Morgan fingerprint density at radius 1 is 0.825 bits per heavy atom. The van der Waals surface area contributed by atoms with Gasteiger partial charge in [0.15, 0.2) is 0 Å². The van der Waals surface area contributed by atoms with Gasteiger partial charge in [-0.2, -0.15) is 0 Å². The smallest absolute Gasteiger partial charge is 0.354 e. The van der Waals surface area contributed by atoms with Crippen LogP contribution >= 0.6 is 0 Å². The summed E-state index contributed by atoms with van der Waals surface area (Å²) in [6, 6.07) is 11.4. The summed E-state index contributed by atoms with van der Waals surface area (Å²) >= 11 is 0. The standard InChI is InChI=1S/C30H46N4O6/c1-25(2)9-10-29(27-7-3-4-11-31-27)34-14-18-39-22-20-37-16-12-33(13-17-38-21-23-40-19-15-34)24-26-6-5-8-28(32-26)30(35)36/h3-8,11,25,29H,9-10,12-24H2,1-2H3,(H,35,36). The minimum atomic E-state index is -1.03. The van der Waals surface area contributed by atoms with Gasteiger partial charge in [-0.3, -0.25) is 14.8 Å². The molecule has 10 heteroatoms. The SMILES string of the molecule is CC(C)CCC(c1ccccn1)N1CCOCCOCCN(Cc2cccc(C(=O)O)n2)CCOCCOCC1. The number of nitrogens with zero attached hydrogens (tertiary/aromatic N) is 4. The van der Waals surface area contributed by atoms with E-state index in [0.29, 0.717) is 84.1 Å².